The minimum absolute atomic E-state index is 0.0268. The van der Waals surface area contributed by atoms with Crippen LogP contribution in [0, 0.1) is 6.92 Å². The number of methoxy groups -OCH3 is 1. The molecule has 0 aliphatic carbocycles. The van der Waals surface area contributed by atoms with Gasteiger partial charge in [0.15, 0.2) is 0 Å². The largest absolute Gasteiger partial charge is 0.496 e. The number of pyridine rings is 2. The van der Waals surface area contributed by atoms with E-state index < -0.39 is 5.54 Å². The molecule has 2 atom stereocenters. The average Bonchev–Trinajstić information content (AvgIpc) is 3.15. The third-order valence-corrected chi connectivity index (χ3v) is 7.11. The van der Waals surface area contributed by atoms with Crippen LogP contribution in [-0.2, 0) is 4.79 Å². The van der Waals surface area contributed by atoms with Crippen molar-refractivity contribution in [3.63, 3.8) is 0 Å². The van der Waals surface area contributed by atoms with E-state index in [2.05, 4.69) is 15.3 Å². The number of para-hydroxylation sites is 1. The highest BCUT2D eigenvalue weighted by Crippen LogP contribution is 2.44. The fourth-order valence-corrected chi connectivity index (χ4v) is 5.36. The fraction of sp³-hybridized carbons (Fsp3) is 0.357. The summed E-state index contributed by atoms with van der Waals surface area (Å²) >= 11 is 0. The number of carbonyl (C=O) groups excluding carboxylic acids is 2. The smallest absolute Gasteiger partial charge is 0.259 e. The lowest BCUT2D eigenvalue weighted by molar-refractivity contribution is -0.122. The molecule has 0 unspecified atom stereocenters. The van der Waals surface area contributed by atoms with Crippen LogP contribution in [0.4, 0.5) is 0 Å². The predicted molar refractivity (Wildman–Crippen MR) is 134 cm³/mol. The second kappa shape index (κ2) is 9.97. The molecule has 8 nitrogen and oxygen atoms in total. The molecule has 2 aromatic heterocycles. The molecule has 8 heteroatoms. The highest BCUT2D eigenvalue weighted by Gasteiger charge is 2.51. The zero-order valence-electron chi connectivity index (χ0n) is 20.6. The number of nitrogens with one attached hydrogen (secondary N) is 1. The van der Waals surface area contributed by atoms with Crippen LogP contribution >= 0.6 is 0 Å². The number of hydrogen-bond acceptors (Lipinski definition) is 6. The highest BCUT2D eigenvalue weighted by atomic mass is 16.5. The Morgan fingerprint density at radius 1 is 1.11 bits per heavy atom. The van der Waals surface area contributed by atoms with E-state index in [9.17, 15) is 9.59 Å². The monoisotopic (exact) mass is 486 g/mol. The maximum absolute atomic E-state index is 13.9. The number of amides is 2. The van der Waals surface area contributed by atoms with Gasteiger partial charge in [-0.15, -0.1) is 0 Å². The summed E-state index contributed by atoms with van der Waals surface area (Å²) in [6, 6.07) is 14.9. The molecule has 1 N–H and O–H groups in total. The molecular formula is C28H30N4O4. The van der Waals surface area contributed by atoms with Crippen molar-refractivity contribution < 1.29 is 19.1 Å². The summed E-state index contributed by atoms with van der Waals surface area (Å²) < 4.78 is 11.6. The minimum atomic E-state index is -0.567. The molecule has 2 fully saturated rings. The number of ether oxygens (including phenoxy) is 2. The van der Waals surface area contributed by atoms with Gasteiger partial charge in [-0.3, -0.25) is 14.6 Å². The van der Waals surface area contributed by atoms with Crippen molar-refractivity contribution in [2.24, 2.45) is 0 Å². The van der Waals surface area contributed by atoms with E-state index in [1.54, 1.807) is 42.6 Å². The van der Waals surface area contributed by atoms with E-state index in [1.807, 2.05) is 37.3 Å². The van der Waals surface area contributed by atoms with Gasteiger partial charge in [0.25, 0.3) is 5.91 Å². The Bertz CT molecular complexity index is 1260. The summed E-state index contributed by atoms with van der Waals surface area (Å²) in [4.78, 5) is 37.0. The Balaban J connectivity index is 1.49. The van der Waals surface area contributed by atoms with E-state index in [0.717, 1.165) is 36.3 Å². The lowest BCUT2D eigenvalue weighted by Gasteiger charge is -2.35. The van der Waals surface area contributed by atoms with E-state index >= 15 is 0 Å². The van der Waals surface area contributed by atoms with Crippen LogP contribution in [0.25, 0.3) is 0 Å². The van der Waals surface area contributed by atoms with Crippen LogP contribution in [0.2, 0.25) is 0 Å². The van der Waals surface area contributed by atoms with E-state index in [4.69, 9.17) is 9.47 Å². The Morgan fingerprint density at radius 3 is 2.78 bits per heavy atom. The van der Waals surface area contributed by atoms with Crippen molar-refractivity contribution in [1.82, 2.24) is 20.2 Å². The SMILES string of the molecule is COc1ccccc1[C@@H]1CN(C(=O)c2cccnc2Oc2ccc(C)nc2)C[C@]12CCCCC(=O)N2. The molecular weight excluding hydrogens is 456 g/mol. The zero-order chi connectivity index (χ0) is 25.1. The average molecular weight is 487 g/mol. The maximum atomic E-state index is 13.9. The van der Waals surface area contributed by atoms with Gasteiger partial charge in [-0.2, -0.15) is 0 Å². The molecule has 2 saturated heterocycles. The van der Waals surface area contributed by atoms with Gasteiger partial charge in [-0.05, 0) is 50.1 Å². The fourth-order valence-electron chi connectivity index (χ4n) is 5.36. The standard InChI is InChI=1S/C28H30N4O4/c1-19-12-13-20(16-30-19)36-26-22(9-7-15-29-26)27(34)32-17-23(21-8-3-4-10-24(21)35-2)28(18-32)14-6-5-11-25(33)31-28/h3-4,7-10,12-13,15-16,23H,5-6,11,14,17-18H2,1-2H3,(H,31,33)/t23-,28+/m0/s1. The van der Waals surface area contributed by atoms with Crippen LogP contribution in [0.5, 0.6) is 17.4 Å². The summed E-state index contributed by atoms with van der Waals surface area (Å²) in [5, 5.41) is 3.31. The molecule has 1 spiro atoms. The lowest BCUT2D eigenvalue weighted by Crippen LogP contribution is -2.52. The van der Waals surface area contributed by atoms with Crippen molar-refractivity contribution in [1.29, 1.82) is 0 Å². The Morgan fingerprint density at radius 2 is 1.97 bits per heavy atom. The van der Waals surface area contributed by atoms with Crippen molar-refractivity contribution in [3.05, 3.63) is 77.7 Å². The van der Waals surface area contributed by atoms with Crippen LogP contribution in [0.15, 0.2) is 60.9 Å². The summed E-state index contributed by atoms with van der Waals surface area (Å²) in [6.45, 7) is 2.74. The molecule has 5 rings (SSSR count). The number of aromatic nitrogens is 2. The first-order valence-corrected chi connectivity index (χ1v) is 12.3. The Labute approximate surface area is 210 Å². The number of likely N-dealkylation sites (tertiary alicyclic amines) is 1. The second-order valence-electron chi connectivity index (χ2n) is 9.49. The third kappa shape index (κ3) is 4.63. The molecule has 1 aromatic carbocycles. The van der Waals surface area contributed by atoms with Gasteiger partial charge < -0.3 is 19.7 Å². The van der Waals surface area contributed by atoms with E-state index in [0.29, 0.717) is 30.8 Å². The zero-order valence-corrected chi connectivity index (χ0v) is 20.6. The number of nitrogens with zero attached hydrogens (tertiary/aromatic N) is 3. The van der Waals surface area contributed by atoms with Crippen LogP contribution in [-0.4, -0.2) is 52.4 Å². The summed E-state index contributed by atoms with van der Waals surface area (Å²) in [7, 11) is 1.65. The van der Waals surface area contributed by atoms with Crippen molar-refractivity contribution in [3.8, 4) is 17.4 Å². The number of hydrogen-bond donors (Lipinski definition) is 1. The van der Waals surface area contributed by atoms with E-state index in [1.165, 1.54) is 0 Å². The highest BCUT2D eigenvalue weighted by molar-refractivity contribution is 5.97. The molecule has 4 heterocycles. The molecule has 36 heavy (non-hydrogen) atoms. The van der Waals surface area contributed by atoms with Gasteiger partial charge >= 0.3 is 0 Å². The number of carbonyl (C=O) groups is 2. The van der Waals surface area contributed by atoms with Crippen molar-refractivity contribution >= 4 is 11.8 Å². The van der Waals surface area contributed by atoms with Crippen molar-refractivity contribution in [2.45, 2.75) is 44.1 Å². The number of benzene rings is 1. The first kappa shape index (κ1) is 23.8. The van der Waals surface area contributed by atoms with Crippen molar-refractivity contribution in [2.75, 3.05) is 20.2 Å². The number of rotatable bonds is 5. The molecule has 2 aliphatic rings. The Kier molecular flexibility index (Phi) is 6.59. The second-order valence-corrected chi connectivity index (χ2v) is 9.49. The van der Waals surface area contributed by atoms with Crippen LogP contribution < -0.4 is 14.8 Å². The van der Waals surface area contributed by atoms with E-state index in [-0.39, 0.29) is 23.6 Å². The molecule has 0 saturated carbocycles. The summed E-state index contributed by atoms with van der Waals surface area (Å²) in [6.07, 6.45) is 6.25. The van der Waals surface area contributed by atoms with Gasteiger partial charge in [-0.1, -0.05) is 24.6 Å². The molecule has 3 aromatic rings. The number of aryl methyl sites for hydroxylation is 1. The quantitative estimate of drug-likeness (QED) is 0.579. The van der Waals surface area contributed by atoms with Gasteiger partial charge in [-0.25, -0.2) is 4.98 Å². The molecule has 2 amide bonds. The lowest BCUT2D eigenvalue weighted by atomic mass is 9.78. The maximum Gasteiger partial charge on any atom is 0.259 e. The Hall–Kier alpha value is -3.94. The van der Waals surface area contributed by atoms with Gasteiger partial charge in [0, 0.05) is 42.9 Å². The molecule has 0 radical (unpaired) electrons. The summed E-state index contributed by atoms with van der Waals surface area (Å²) in [5.74, 6) is 1.23. The van der Waals surface area contributed by atoms with Crippen LogP contribution in [0.1, 0.15) is 53.2 Å². The topological polar surface area (TPSA) is 93.7 Å². The van der Waals surface area contributed by atoms with Crippen LogP contribution in [0.3, 0.4) is 0 Å². The predicted octanol–water partition coefficient (Wildman–Crippen LogP) is 4.25. The minimum Gasteiger partial charge on any atom is -0.496 e. The summed E-state index contributed by atoms with van der Waals surface area (Å²) in [5.41, 5.74) is 1.66. The molecule has 2 aliphatic heterocycles. The van der Waals surface area contributed by atoms with Gasteiger partial charge in [0.1, 0.15) is 17.1 Å². The molecule has 0 bridgehead atoms. The van der Waals surface area contributed by atoms with Gasteiger partial charge in [0.2, 0.25) is 11.8 Å². The normalized spacial score (nSPS) is 21.7. The third-order valence-electron chi connectivity index (χ3n) is 7.11. The first-order chi connectivity index (χ1) is 17.5. The molecule has 186 valence electrons. The first-order valence-electron chi connectivity index (χ1n) is 12.3. The van der Waals surface area contributed by atoms with Gasteiger partial charge in [0.05, 0.1) is 18.8 Å².